The summed E-state index contributed by atoms with van der Waals surface area (Å²) in [5.41, 5.74) is 0.947. The van der Waals surface area contributed by atoms with Crippen LogP contribution < -0.4 is 0 Å². The fourth-order valence-corrected chi connectivity index (χ4v) is 2.29. The van der Waals surface area contributed by atoms with E-state index in [1.807, 2.05) is 18.2 Å². The van der Waals surface area contributed by atoms with Crippen LogP contribution in [-0.2, 0) is 20.8 Å². The second kappa shape index (κ2) is 5.93. The summed E-state index contributed by atoms with van der Waals surface area (Å²) in [5.74, 6) is -0.203. The number of aromatic nitrogens is 1. The number of ether oxygens (including phenoxy) is 2. The van der Waals surface area contributed by atoms with Gasteiger partial charge in [0, 0.05) is 32.8 Å². The van der Waals surface area contributed by atoms with Crippen LogP contribution in [0.25, 0.3) is 0 Å². The van der Waals surface area contributed by atoms with Gasteiger partial charge in [0.05, 0.1) is 18.9 Å². The third-order valence-electron chi connectivity index (χ3n) is 3.26. The SMILES string of the molecule is COC(=O)[C@@H]1C[C@H](OC)CN1Cc1ccccn1. The smallest absolute Gasteiger partial charge is 0.323 e. The molecule has 0 N–H and O–H groups in total. The first kappa shape index (κ1) is 13.0. The van der Waals surface area contributed by atoms with Crippen LogP contribution in [-0.4, -0.2) is 48.8 Å². The van der Waals surface area contributed by atoms with Crippen molar-refractivity contribution in [3.63, 3.8) is 0 Å². The molecule has 2 atom stereocenters. The van der Waals surface area contributed by atoms with E-state index < -0.39 is 0 Å². The van der Waals surface area contributed by atoms with Crippen LogP contribution in [0.1, 0.15) is 12.1 Å². The summed E-state index contributed by atoms with van der Waals surface area (Å²) in [7, 11) is 3.09. The zero-order valence-corrected chi connectivity index (χ0v) is 10.7. The van der Waals surface area contributed by atoms with Crippen molar-refractivity contribution in [1.82, 2.24) is 9.88 Å². The second-order valence-corrected chi connectivity index (χ2v) is 4.38. The van der Waals surface area contributed by atoms with Crippen molar-refractivity contribution >= 4 is 5.97 Å². The first-order chi connectivity index (χ1) is 8.74. The number of hydrogen-bond acceptors (Lipinski definition) is 5. The minimum atomic E-state index is -0.234. The van der Waals surface area contributed by atoms with Gasteiger partial charge in [-0.3, -0.25) is 14.7 Å². The lowest BCUT2D eigenvalue weighted by molar-refractivity contribution is -0.146. The van der Waals surface area contributed by atoms with E-state index >= 15 is 0 Å². The van der Waals surface area contributed by atoms with Crippen molar-refractivity contribution in [3.8, 4) is 0 Å². The van der Waals surface area contributed by atoms with Gasteiger partial charge >= 0.3 is 5.97 Å². The fourth-order valence-electron chi connectivity index (χ4n) is 2.29. The molecule has 1 aliphatic heterocycles. The van der Waals surface area contributed by atoms with Crippen molar-refractivity contribution in [2.75, 3.05) is 20.8 Å². The highest BCUT2D eigenvalue weighted by atomic mass is 16.5. The zero-order valence-electron chi connectivity index (χ0n) is 10.7. The van der Waals surface area contributed by atoms with E-state index in [0.29, 0.717) is 13.0 Å². The van der Waals surface area contributed by atoms with E-state index in [4.69, 9.17) is 9.47 Å². The quantitative estimate of drug-likeness (QED) is 0.741. The summed E-state index contributed by atoms with van der Waals surface area (Å²) in [4.78, 5) is 18.1. The molecule has 0 spiro atoms. The molecule has 1 aromatic rings. The van der Waals surface area contributed by atoms with Crippen molar-refractivity contribution in [2.45, 2.75) is 25.1 Å². The molecule has 0 aromatic carbocycles. The van der Waals surface area contributed by atoms with Gasteiger partial charge < -0.3 is 9.47 Å². The lowest BCUT2D eigenvalue weighted by Crippen LogP contribution is -2.36. The van der Waals surface area contributed by atoms with Gasteiger partial charge in [-0.25, -0.2) is 0 Å². The van der Waals surface area contributed by atoms with Crippen LogP contribution in [0.4, 0.5) is 0 Å². The summed E-state index contributed by atoms with van der Waals surface area (Å²) in [6, 6.07) is 5.54. The second-order valence-electron chi connectivity index (χ2n) is 4.38. The number of likely N-dealkylation sites (tertiary alicyclic amines) is 1. The molecule has 0 unspecified atom stereocenters. The van der Waals surface area contributed by atoms with Crippen LogP contribution >= 0.6 is 0 Å². The normalized spacial score (nSPS) is 24.1. The Kier molecular flexibility index (Phi) is 4.28. The summed E-state index contributed by atoms with van der Waals surface area (Å²) in [6.07, 6.45) is 2.51. The van der Waals surface area contributed by atoms with Gasteiger partial charge in [-0.15, -0.1) is 0 Å². The highest BCUT2D eigenvalue weighted by molar-refractivity contribution is 5.76. The Bertz CT molecular complexity index is 396. The Hall–Kier alpha value is -1.46. The lowest BCUT2D eigenvalue weighted by atomic mass is 10.2. The van der Waals surface area contributed by atoms with Gasteiger partial charge in [0.25, 0.3) is 0 Å². The molecule has 0 amide bonds. The molecule has 98 valence electrons. The molecule has 0 saturated carbocycles. The number of carbonyl (C=O) groups is 1. The predicted octanol–water partition coefficient (Wildman–Crippen LogP) is 0.844. The minimum absolute atomic E-state index is 0.0813. The van der Waals surface area contributed by atoms with E-state index in [1.54, 1.807) is 13.3 Å². The molecular weight excluding hydrogens is 232 g/mol. The Balaban J connectivity index is 2.07. The number of methoxy groups -OCH3 is 2. The fraction of sp³-hybridized carbons (Fsp3) is 0.538. The van der Waals surface area contributed by atoms with Gasteiger partial charge in [-0.05, 0) is 12.1 Å². The van der Waals surface area contributed by atoms with Crippen LogP contribution in [0.5, 0.6) is 0 Å². The zero-order chi connectivity index (χ0) is 13.0. The van der Waals surface area contributed by atoms with Crippen molar-refractivity contribution < 1.29 is 14.3 Å². The van der Waals surface area contributed by atoms with Gasteiger partial charge in [-0.2, -0.15) is 0 Å². The number of hydrogen-bond donors (Lipinski definition) is 0. The van der Waals surface area contributed by atoms with E-state index in [0.717, 1.165) is 12.2 Å². The van der Waals surface area contributed by atoms with Crippen molar-refractivity contribution in [2.24, 2.45) is 0 Å². The number of rotatable bonds is 4. The van der Waals surface area contributed by atoms with Crippen LogP contribution in [0, 0.1) is 0 Å². The molecule has 2 heterocycles. The first-order valence-corrected chi connectivity index (χ1v) is 5.99. The minimum Gasteiger partial charge on any atom is -0.468 e. The van der Waals surface area contributed by atoms with E-state index in [2.05, 4.69) is 9.88 Å². The van der Waals surface area contributed by atoms with E-state index in [1.165, 1.54) is 7.11 Å². The van der Waals surface area contributed by atoms with Crippen LogP contribution in [0.2, 0.25) is 0 Å². The molecule has 0 bridgehead atoms. The molecule has 1 aromatic heterocycles. The molecule has 1 aliphatic rings. The molecule has 5 heteroatoms. The maximum atomic E-state index is 11.7. The summed E-state index contributed by atoms with van der Waals surface area (Å²) in [5, 5.41) is 0. The maximum Gasteiger partial charge on any atom is 0.323 e. The molecule has 18 heavy (non-hydrogen) atoms. The summed E-state index contributed by atoms with van der Waals surface area (Å²) >= 11 is 0. The Morgan fingerprint density at radius 1 is 1.50 bits per heavy atom. The maximum absolute atomic E-state index is 11.7. The number of nitrogens with zero attached hydrogens (tertiary/aromatic N) is 2. The average Bonchev–Trinajstić information content (AvgIpc) is 2.82. The highest BCUT2D eigenvalue weighted by Gasteiger charge is 2.37. The first-order valence-electron chi connectivity index (χ1n) is 5.99. The molecule has 1 saturated heterocycles. The number of esters is 1. The Labute approximate surface area is 107 Å². The van der Waals surface area contributed by atoms with Gasteiger partial charge in [0.15, 0.2) is 0 Å². The molecular formula is C13H18N2O3. The lowest BCUT2D eigenvalue weighted by Gasteiger charge is -2.21. The molecule has 5 nitrogen and oxygen atoms in total. The number of carbonyl (C=O) groups excluding carboxylic acids is 1. The third kappa shape index (κ3) is 2.86. The third-order valence-corrected chi connectivity index (χ3v) is 3.26. The molecule has 0 aliphatic carbocycles. The summed E-state index contributed by atoms with van der Waals surface area (Å²) < 4.78 is 10.2. The van der Waals surface area contributed by atoms with Gasteiger partial charge in [0.2, 0.25) is 0 Å². The predicted molar refractivity (Wildman–Crippen MR) is 65.9 cm³/mol. The molecule has 1 fully saturated rings. The van der Waals surface area contributed by atoms with Crippen LogP contribution in [0.3, 0.4) is 0 Å². The summed E-state index contributed by atoms with van der Waals surface area (Å²) in [6.45, 7) is 1.37. The van der Waals surface area contributed by atoms with Gasteiger partial charge in [0.1, 0.15) is 6.04 Å². The molecule has 0 radical (unpaired) electrons. The Morgan fingerprint density at radius 3 is 2.94 bits per heavy atom. The van der Waals surface area contributed by atoms with Crippen molar-refractivity contribution in [1.29, 1.82) is 0 Å². The van der Waals surface area contributed by atoms with Gasteiger partial charge in [-0.1, -0.05) is 6.07 Å². The largest absolute Gasteiger partial charge is 0.468 e. The van der Waals surface area contributed by atoms with E-state index in [-0.39, 0.29) is 18.1 Å². The average molecular weight is 250 g/mol. The standard InChI is InChI=1S/C13H18N2O3/c1-17-11-7-12(13(16)18-2)15(9-11)8-10-5-3-4-6-14-10/h3-6,11-12H,7-9H2,1-2H3/t11-,12-/m0/s1. The van der Waals surface area contributed by atoms with Crippen molar-refractivity contribution in [3.05, 3.63) is 30.1 Å². The number of pyridine rings is 1. The molecule has 2 rings (SSSR count). The van der Waals surface area contributed by atoms with Crippen LogP contribution in [0.15, 0.2) is 24.4 Å². The van der Waals surface area contributed by atoms with E-state index in [9.17, 15) is 4.79 Å². The topological polar surface area (TPSA) is 51.7 Å². The Morgan fingerprint density at radius 2 is 2.33 bits per heavy atom. The monoisotopic (exact) mass is 250 g/mol. The highest BCUT2D eigenvalue weighted by Crippen LogP contribution is 2.22.